The van der Waals surface area contributed by atoms with Crippen LogP contribution in [-0.2, 0) is 66.7 Å². The number of aliphatic hydroxyl groups is 17. The molecule has 6 unspecified atom stereocenters. The second-order valence-electron chi connectivity index (χ2n) is 30.4. The molecule has 6 heterocycles. The molecule has 6 saturated heterocycles. The largest absolute Gasteiger partial charge is 0.432 e. The van der Waals surface area contributed by atoms with Crippen molar-refractivity contribution in [2.24, 2.45) is 50.2 Å². The summed E-state index contributed by atoms with van der Waals surface area (Å²) in [7, 11) is 0. The number of allylic oxidation sites excluding steroid dienone is 2. The number of hydrogen-bond donors (Lipinski definition) is 17. The number of ether oxygens (including phenoxy) is 11. The van der Waals surface area contributed by atoms with Crippen molar-refractivity contribution in [2.45, 2.75) is 285 Å². The normalized spacial score (nSPS) is 54.3. The van der Waals surface area contributed by atoms with Crippen LogP contribution in [0.25, 0.3) is 0 Å². The molecule has 0 aromatic carbocycles. The lowest BCUT2D eigenvalue weighted by atomic mass is 9.33. The average Bonchev–Trinajstić information content (AvgIpc) is 0.748. The lowest BCUT2D eigenvalue weighted by Gasteiger charge is -2.71. The van der Waals surface area contributed by atoms with Gasteiger partial charge in [0.2, 0.25) is 12.6 Å². The van der Waals surface area contributed by atoms with E-state index in [2.05, 4.69) is 40.7 Å². The van der Waals surface area contributed by atoms with Crippen LogP contribution < -0.4 is 0 Å². The molecule has 4 saturated carbocycles. The van der Waals surface area contributed by atoms with E-state index in [0.717, 1.165) is 12.0 Å². The van der Waals surface area contributed by atoms with Gasteiger partial charge in [0.05, 0.1) is 57.3 Å². The highest BCUT2D eigenvalue weighted by Gasteiger charge is 2.71. The van der Waals surface area contributed by atoms with Crippen LogP contribution in [0.1, 0.15) is 113 Å². The lowest BCUT2D eigenvalue weighted by Crippen LogP contribution is -2.67. The summed E-state index contributed by atoms with van der Waals surface area (Å²) in [4.78, 5) is 25.9. The van der Waals surface area contributed by atoms with Crippen molar-refractivity contribution >= 4 is 5.97 Å². The Balaban J connectivity index is 0.766. The fourth-order valence-corrected chi connectivity index (χ4v) is 18.4. The maximum atomic E-state index is 15.3. The third-order valence-electron chi connectivity index (χ3n) is 24.6. The minimum Gasteiger partial charge on any atom is -0.432 e. The van der Waals surface area contributed by atoms with Crippen molar-refractivity contribution in [1.29, 1.82) is 0 Å². The van der Waals surface area contributed by atoms with Gasteiger partial charge in [0.1, 0.15) is 116 Å². The molecule has 0 amide bonds. The minimum absolute atomic E-state index is 0.0713. The van der Waals surface area contributed by atoms with E-state index in [0.29, 0.717) is 57.8 Å². The molecule has 5 aliphatic carbocycles. The van der Waals surface area contributed by atoms with Crippen LogP contribution in [0.5, 0.6) is 0 Å². The Kier molecular flexibility index (Phi) is 21.6. The van der Waals surface area contributed by atoms with E-state index >= 15 is 4.79 Å². The van der Waals surface area contributed by atoms with E-state index in [9.17, 15) is 86.8 Å². The summed E-state index contributed by atoms with van der Waals surface area (Å²) in [5.41, 5.74) is -2.24. The van der Waals surface area contributed by atoms with Crippen LogP contribution >= 0.6 is 0 Å². The summed E-state index contributed by atoms with van der Waals surface area (Å²) < 4.78 is 65.0. The van der Waals surface area contributed by atoms with Gasteiger partial charge in [-0.25, -0.2) is 9.78 Å². The number of rotatable bonds is 17. The molecule has 36 atom stereocenters. The van der Waals surface area contributed by atoms with Crippen LogP contribution in [-0.4, -0.2) is 304 Å². The molecule has 540 valence electrons. The summed E-state index contributed by atoms with van der Waals surface area (Å²) in [6.07, 6.45) is -36.1. The first kappa shape index (κ1) is 73.3. The fourth-order valence-electron chi connectivity index (χ4n) is 18.4. The molecule has 6 aliphatic heterocycles. The molecule has 0 spiro atoms. The van der Waals surface area contributed by atoms with Gasteiger partial charge in [0.15, 0.2) is 31.3 Å². The highest BCUT2D eigenvalue weighted by atomic mass is 17.2. The van der Waals surface area contributed by atoms with Crippen LogP contribution in [0, 0.1) is 50.2 Å². The molecule has 94 heavy (non-hydrogen) atoms. The van der Waals surface area contributed by atoms with E-state index in [4.69, 9.17) is 61.9 Å². The molecule has 31 heteroatoms. The second-order valence-corrected chi connectivity index (χ2v) is 30.4. The molecule has 17 N–H and O–H groups in total. The van der Waals surface area contributed by atoms with Crippen LogP contribution in [0.4, 0.5) is 0 Å². The topological polar surface area (TPSA) is 481 Å². The molecule has 0 aromatic heterocycles. The Hall–Kier alpha value is -1.95. The minimum atomic E-state index is -1.92. The zero-order chi connectivity index (χ0) is 68.3. The van der Waals surface area contributed by atoms with Crippen molar-refractivity contribution in [3.05, 3.63) is 11.6 Å². The van der Waals surface area contributed by atoms with Gasteiger partial charge in [-0.1, -0.05) is 53.2 Å². The zero-order valence-electron chi connectivity index (χ0n) is 54.1. The van der Waals surface area contributed by atoms with E-state index in [-0.39, 0.29) is 47.2 Å². The van der Waals surface area contributed by atoms with Gasteiger partial charge in [-0.05, 0) is 111 Å². The summed E-state index contributed by atoms with van der Waals surface area (Å²) in [5, 5.41) is 184. The summed E-state index contributed by atoms with van der Waals surface area (Å²) in [6, 6.07) is 0. The highest BCUT2D eigenvalue weighted by molar-refractivity contribution is 5.79. The number of carbonyl (C=O) groups excluding carboxylic acids is 1. The third-order valence-corrected chi connectivity index (χ3v) is 24.6. The quantitative estimate of drug-likeness (QED) is 0.0214. The number of carbonyl (C=O) groups is 1. The first-order valence-corrected chi connectivity index (χ1v) is 33.3. The predicted molar refractivity (Wildman–Crippen MR) is 311 cm³/mol. The molecule has 0 aromatic rings. The Labute approximate surface area is 544 Å². The second kappa shape index (κ2) is 27.8. The lowest BCUT2D eigenvalue weighted by molar-refractivity contribution is -0.446. The van der Waals surface area contributed by atoms with Crippen LogP contribution in [0.3, 0.4) is 0 Å². The zero-order valence-corrected chi connectivity index (χ0v) is 54.1. The smallest absolute Gasteiger partial charge is 0.315 e. The number of esters is 1. The average molecular weight is 1360 g/mol. The van der Waals surface area contributed by atoms with E-state index < -0.39 is 221 Å². The first-order chi connectivity index (χ1) is 44.2. The van der Waals surface area contributed by atoms with Crippen LogP contribution in [0.15, 0.2) is 11.6 Å². The summed E-state index contributed by atoms with van der Waals surface area (Å²) >= 11 is 0. The van der Waals surface area contributed by atoms with E-state index in [1.807, 2.05) is 6.92 Å². The molecule has 11 aliphatic rings. The van der Waals surface area contributed by atoms with Crippen molar-refractivity contribution in [3.8, 4) is 0 Å². The predicted octanol–water partition coefficient (Wildman–Crippen LogP) is -4.54. The SMILES string of the molecule is C[C@@H]1OC(O[C@H]2C(O[C@H]3CC[C@@]4(C)C(CC[C@]5(C)C4CC=C4C6CC(C)(C)CC[C@]6(C(=O)O[C@@H]6O[C@H](CO[C@@H]7O[C@H](CO)[C@@H](OC8OC[C@H](O)[C@H](O)[C@H]8O)[C@H](O)[C@H]7O)[C@@H](O)[C@H](O)[C@H]6O)CC[C@]45C)[C@]3(C)CO)OC[C@H](O)[C@@H]2O)[C@H](O)[C@H](OO[C@@H]2O[C@H](CO)[C@H](O)[C@H]2O)[C@H]1O. The summed E-state index contributed by atoms with van der Waals surface area (Å²) in [6.45, 7) is 11.5. The monoisotopic (exact) mass is 1350 g/mol. The maximum absolute atomic E-state index is 15.3. The Morgan fingerprint density at radius 3 is 1.81 bits per heavy atom. The Morgan fingerprint density at radius 2 is 1.13 bits per heavy atom. The molecule has 0 bridgehead atoms. The van der Waals surface area contributed by atoms with Crippen molar-refractivity contribution in [3.63, 3.8) is 0 Å². The van der Waals surface area contributed by atoms with Gasteiger partial charge in [0, 0.05) is 5.41 Å². The van der Waals surface area contributed by atoms with Gasteiger partial charge in [-0.3, -0.25) is 4.79 Å². The molecular weight excluding hydrogens is 1250 g/mol. The van der Waals surface area contributed by atoms with Crippen molar-refractivity contribution in [1.82, 2.24) is 0 Å². The number of aliphatic hydroxyl groups excluding tert-OH is 17. The molecule has 31 nitrogen and oxygen atoms in total. The van der Waals surface area contributed by atoms with Crippen molar-refractivity contribution < 1.29 is 153 Å². The number of fused-ring (bicyclic) bond motifs is 7. The Morgan fingerprint density at radius 1 is 0.521 bits per heavy atom. The van der Waals surface area contributed by atoms with Crippen molar-refractivity contribution in [2.75, 3.05) is 39.6 Å². The summed E-state index contributed by atoms with van der Waals surface area (Å²) in [5.74, 6) is -1.02. The van der Waals surface area contributed by atoms with E-state index in [1.54, 1.807) is 0 Å². The van der Waals surface area contributed by atoms with Gasteiger partial charge in [0.25, 0.3) is 0 Å². The van der Waals surface area contributed by atoms with Gasteiger partial charge >= 0.3 is 5.97 Å². The molecule has 11 rings (SSSR count). The first-order valence-electron chi connectivity index (χ1n) is 33.3. The number of hydrogen-bond acceptors (Lipinski definition) is 31. The van der Waals surface area contributed by atoms with Gasteiger partial charge in [-0.2, -0.15) is 0 Å². The van der Waals surface area contributed by atoms with E-state index in [1.165, 1.54) is 6.92 Å². The Bertz CT molecular complexity index is 2620. The van der Waals surface area contributed by atoms with Gasteiger partial charge in [-0.15, -0.1) is 0 Å². The van der Waals surface area contributed by atoms with Gasteiger partial charge < -0.3 is 139 Å². The molecular formula is C63H102O31. The maximum Gasteiger partial charge on any atom is 0.315 e. The molecule has 0 radical (unpaired) electrons. The van der Waals surface area contributed by atoms with Crippen LogP contribution in [0.2, 0.25) is 0 Å². The fraction of sp³-hybridized carbons (Fsp3) is 0.952. The third kappa shape index (κ3) is 12.6. The molecule has 10 fully saturated rings. The standard InChI is InChI=1S/C63H102O31/c1-25-36(69)49(93-94-55-44(77)39(72)30(19-64)86-55)47(80)54(85-25)91-50-38(71)29(68)22-83-56(50)89-35-11-12-59(4)33(60(35,5)24-66)10-13-62(7)34(59)9-8-26-27-18-58(2,3)14-16-63(27,17-15-61(26,62)6)57(81)92-53-45(78)41(74)40(73)32(88-53)23-84-51-46(79)42(75)48(31(20-65)87-51)90-52-43(76)37(70)28(67)21-82-52/h8,25,27-56,64-80H,9-24H2,1-7H3/t25-,27?,28-,29-,30+,31+,32+,33?,34?,35-,36-,37-,38-,39-,40+,41-,42+,43+,44+,45+,46+,47+,48+,49+,50+,51+,52?,53-,54?,55-,56?,59-,60-,61+,62+,63-/m0/s1. The highest BCUT2D eigenvalue weighted by Crippen LogP contribution is 2.76.